The van der Waals surface area contributed by atoms with Gasteiger partial charge in [-0.3, -0.25) is 0 Å². The van der Waals surface area contributed by atoms with Crippen molar-refractivity contribution in [3.05, 3.63) is 155 Å². The molecule has 7 nitrogen and oxygen atoms in total. The molecule has 0 aliphatic heterocycles. The van der Waals surface area contributed by atoms with E-state index in [-0.39, 0.29) is 12.1 Å². The van der Waals surface area contributed by atoms with Gasteiger partial charge in [0.2, 0.25) is 0 Å². The van der Waals surface area contributed by atoms with Crippen molar-refractivity contribution in [3.8, 4) is 0 Å². The van der Waals surface area contributed by atoms with Crippen molar-refractivity contribution in [1.82, 2.24) is 0 Å². The van der Waals surface area contributed by atoms with E-state index in [1.54, 1.807) is 0 Å². The second-order valence-electron chi connectivity index (χ2n) is 11.1. The van der Waals surface area contributed by atoms with E-state index in [0.29, 0.717) is 0 Å². The van der Waals surface area contributed by atoms with E-state index < -0.39 is 0 Å². The number of carbonyl (C=O) groups is 2. The molecule has 44 heavy (non-hydrogen) atoms. The fourth-order valence-corrected chi connectivity index (χ4v) is 4.92. The van der Waals surface area contributed by atoms with Gasteiger partial charge >= 0.3 is 12.1 Å². The number of carbonyl (C=O) groups excluding carboxylic acids is 2. The number of nitrogens with one attached hydrogen (secondary N) is 5. The van der Waals surface area contributed by atoms with Crippen molar-refractivity contribution < 1.29 is 14.5 Å². The molecular weight excluding hydrogens is 546 g/mol. The molecule has 5 N–H and O–H groups in total. The summed E-state index contributed by atoms with van der Waals surface area (Å²) in [5.74, 6) is 0. The molecule has 0 fully saturated rings. The van der Waals surface area contributed by atoms with E-state index in [0.717, 1.165) is 53.5 Å². The maximum atomic E-state index is 12.5. The standard InChI is InChI=1S/C37H37N5O2/c1-27-8-16-32(17-9-27)38-36(43)40-34-20-12-30(13-21-34)25-42(24-29-6-4-3-5-7-29)26-31-14-22-35(23-15-31)41-37(44)39-33-18-10-28(2)11-19-33/h3-23H,24-26H2,1-2H3,(H2,38,40,43)(H2,39,41,44)/p+1. The van der Waals surface area contributed by atoms with Crippen LogP contribution >= 0.6 is 0 Å². The summed E-state index contributed by atoms with van der Waals surface area (Å²) in [5.41, 5.74) is 8.86. The molecule has 0 bridgehead atoms. The molecule has 0 heterocycles. The average molecular weight is 585 g/mol. The highest BCUT2D eigenvalue weighted by molar-refractivity contribution is 6.00. The Bertz CT molecular complexity index is 1540. The van der Waals surface area contributed by atoms with Crippen LogP contribution in [0.1, 0.15) is 27.8 Å². The number of amides is 4. The van der Waals surface area contributed by atoms with Crippen molar-refractivity contribution in [3.63, 3.8) is 0 Å². The average Bonchev–Trinajstić information content (AvgIpc) is 3.02. The molecule has 0 saturated heterocycles. The summed E-state index contributed by atoms with van der Waals surface area (Å²) < 4.78 is 0. The van der Waals surface area contributed by atoms with Crippen molar-refractivity contribution in [2.45, 2.75) is 33.5 Å². The highest BCUT2D eigenvalue weighted by Crippen LogP contribution is 2.14. The number of quaternary nitrogens is 1. The maximum Gasteiger partial charge on any atom is 0.323 e. The smallest absolute Gasteiger partial charge is 0.323 e. The highest BCUT2D eigenvalue weighted by Gasteiger charge is 2.13. The van der Waals surface area contributed by atoms with Crippen LogP contribution in [0.25, 0.3) is 0 Å². The minimum atomic E-state index is -0.275. The Balaban J connectivity index is 1.19. The first-order valence-corrected chi connectivity index (χ1v) is 14.7. The van der Waals surface area contributed by atoms with Crippen LogP contribution in [0.15, 0.2) is 127 Å². The molecule has 4 amide bonds. The number of benzene rings is 5. The van der Waals surface area contributed by atoms with Crippen LogP contribution in [-0.2, 0) is 19.6 Å². The van der Waals surface area contributed by atoms with Gasteiger partial charge in [0.15, 0.2) is 0 Å². The van der Waals surface area contributed by atoms with Crippen LogP contribution < -0.4 is 26.2 Å². The largest absolute Gasteiger partial charge is 0.324 e. The number of aryl methyl sites for hydroxylation is 2. The van der Waals surface area contributed by atoms with Gasteiger partial charge in [-0.2, -0.15) is 0 Å². The van der Waals surface area contributed by atoms with Crippen molar-refractivity contribution in [1.29, 1.82) is 0 Å². The summed E-state index contributed by atoms with van der Waals surface area (Å²) in [5, 5.41) is 11.5. The third-order valence-corrected chi connectivity index (χ3v) is 7.25. The lowest BCUT2D eigenvalue weighted by Gasteiger charge is -2.20. The van der Waals surface area contributed by atoms with E-state index in [2.05, 4.69) is 69.8 Å². The van der Waals surface area contributed by atoms with Crippen LogP contribution in [-0.4, -0.2) is 12.1 Å². The topological polar surface area (TPSA) is 86.7 Å². The summed E-state index contributed by atoms with van der Waals surface area (Å²) in [6, 6.07) is 41.3. The summed E-state index contributed by atoms with van der Waals surface area (Å²) in [6.07, 6.45) is 0. The molecular formula is C37H38N5O2+. The van der Waals surface area contributed by atoms with E-state index in [9.17, 15) is 9.59 Å². The first-order valence-electron chi connectivity index (χ1n) is 14.7. The third kappa shape index (κ3) is 9.31. The maximum absolute atomic E-state index is 12.5. The molecule has 0 spiro atoms. The van der Waals surface area contributed by atoms with Gasteiger partial charge in [-0.25, -0.2) is 9.59 Å². The molecule has 7 heteroatoms. The molecule has 0 aliphatic rings. The number of anilines is 4. The lowest BCUT2D eigenvalue weighted by atomic mass is 10.1. The van der Waals surface area contributed by atoms with Gasteiger partial charge in [0, 0.05) is 39.4 Å². The van der Waals surface area contributed by atoms with Crippen LogP contribution in [0, 0.1) is 13.8 Å². The lowest BCUT2D eigenvalue weighted by molar-refractivity contribution is -0.941. The fourth-order valence-electron chi connectivity index (χ4n) is 4.92. The van der Waals surface area contributed by atoms with E-state index in [1.165, 1.54) is 21.6 Å². The molecule has 0 atom stereocenters. The summed E-state index contributed by atoms with van der Waals surface area (Å²) in [7, 11) is 0. The summed E-state index contributed by atoms with van der Waals surface area (Å²) in [4.78, 5) is 26.3. The SMILES string of the molecule is Cc1ccc(NC(=O)Nc2ccc(C[NH+](Cc3ccccc3)Cc3ccc(NC(=O)Nc4ccc(C)cc4)cc3)cc2)cc1. The minimum Gasteiger partial charge on any atom is -0.324 e. The van der Waals surface area contributed by atoms with E-state index in [4.69, 9.17) is 0 Å². The van der Waals surface area contributed by atoms with Crippen LogP contribution in [0.3, 0.4) is 0 Å². The van der Waals surface area contributed by atoms with Crippen molar-refractivity contribution in [2.75, 3.05) is 21.3 Å². The first kappa shape index (κ1) is 30.1. The van der Waals surface area contributed by atoms with Gasteiger partial charge < -0.3 is 26.2 Å². The van der Waals surface area contributed by atoms with Crippen LogP contribution in [0.2, 0.25) is 0 Å². The predicted molar refractivity (Wildman–Crippen MR) is 179 cm³/mol. The van der Waals surface area contributed by atoms with Gasteiger partial charge in [0.1, 0.15) is 19.6 Å². The molecule has 5 rings (SSSR count). The number of urea groups is 2. The Kier molecular flexibility index (Phi) is 10.0. The van der Waals surface area contributed by atoms with Crippen molar-refractivity contribution in [2.24, 2.45) is 0 Å². The normalized spacial score (nSPS) is 10.7. The van der Waals surface area contributed by atoms with Crippen molar-refractivity contribution >= 4 is 34.8 Å². The monoisotopic (exact) mass is 584 g/mol. The zero-order valence-electron chi connectivity index (χ0n) is 25.1. The van der Waals surface area contributed by atoms with E-state index >= 15 is 0 Å². The zero-order chi connectivity index (χ0) is 30.7. The predicted octanol–water partition coefficient (Wildman–Crippen LogP) is 7.38. The van der Waals surface area contributed by atoms with Gasteiger partial charge in [-0.1, -0.05) is 90.0 Å². The number of hydrogen-bond acceptors (Lipinski definition) is 2. The quantitative estimate of drug-likeness (QED) is 0.119. The minimum absolute atomic E-state index is 0.275. The fraction of sp³-hybridized carbons (Fsp3) is 0.135. The third-order valence-electron chi connectivity index (χ3n) is 7.25. The Morgan fingerprint density at radius 2 is 0.727 bits per heavy atom. The van der Waals surface area contributed by atoms with Gasteiger partial charge in [-0.05, 0) is 62.4 Å². The molecule has 5 aromatic carbocycles. The Morgan fingerprint density at radius 3 is 1.07 bits per heavy atom. The summed E-state index contributed by atoms with van der Waals surface area (Å²) >= 11 is 0. The Morgan fingerprint density at radius 1 is 0.432 bits per heavy atom. The Hall–Kier alpha value is -5.40. The molecule has 0 aliphatic carbocycles. The van der Waals surface area contributed by atoms with Gasteiger partial charge in [-0.15, -0.1) is 0 Å². The van der Waals surface area contributed by atoms with E-state index in [1.807, 2.05) is 92.7 Å². The summed E-state index contributed by atoms with van der Waals surface area (Å²) in [6.45, 7) is 6.50. The first-order chi connectivity index (χ1) is 21.4. The lowest BCUT2D eigenvalue weighted by Crippen LogP contribution is -3.08. The number of hydrogen-bond donors (Lipinski definition) is 5. The molecule has 0 aromatic heterocycles. The second-order valence-corrected chi connectivity index (χ2v) is 11.1. The van der Waals surface area contributed by atoms with Crippen LogP contribution in [0.5, 0.6) is 0 Å². The molecule has 222 valence electrons. The van der Waals surface area contributed by atoms with Gasteiger partial charge in [0.25, 0.3) is 0 Å². The molecule has 5 aromatic rings. The second kappa shape index (κ2) is 14.7. The molecule has 0 radical (unpaired) electrons. The van der Waals surface area contributed by atoms with Gasteiger partial charge in [0.05, 0.1) is 0 Å². The number of rotatable bonds is 10. The molecule has 0 unspecified atom stereocenters. The highest BCUT2D eigenvalue weighted by atomic mass is 16.2. The Labute approximate surface area is 258 Å². The van der Waals surface area contributed by atoms with Crippen LogP contribution in [0.4, 0.5) is 32.3 Å². The molecule has 0 saturated carbocycles. The zero-order valence-corrected chi connectivity index (χ0v) is 25.1.